The highest BCUT2D eigenvalue weighted by Crippen LogP contribution is 2.34. The first kappa shape index (κ1) is 17.7. The van der Waals surface area contributed by atoms with Crippen molar-refractivity contribution >= 4 is 27.7 Å². The van der Waals surface area contributed by atoms with E-state index in [-0.39, 0.29) is 5.91 Å². The monoisotopic (exact) mass is 384 g/mol. The van der Waals surface area contributed by atoms with Crippen LogP contribution in [0.15, 0.2) is 61.4 Å². The van der Waals surface area contributed by atoms with E-state index < -0.39 is 0 Å². The number of aromatic amines is 1. The average Bonchev–Trinajstić information content (AvgIpc) is 3.39. The molecule has 2 aromatic carbocycles. The van der Waals surface area contributed by atoms with Gasteiger partial charge in [-0.2, -0.15) is 5.10 Å². The van der Waals surface area contributed by atoms with Crippen LogP contribution in [0.3, 0.4) is 0 Å². The van der Waals surface area contributed by atoms with Gasteiger partial charge in [-0.1, -0.05) is 18.7 Å². The van der Waals surface area contributed by atoms with Crippen LogP contribution < -0.4 is 0 Å². The average molecular weight is 384 g/mol. The molecule has 1 unspecified atom stereocenters. The third-order valence-electron chi connectivity index (χ3n) is 6.12. The Hall–Kier alpha value is -3.34. The van der Waals surface area contributed by atoms with Gasteiger partial charge in [0.05, 0.1) is 17.8 Å². The lowest BCUT2D eigenvalue weighted by molar-refractivity contribution is -0.127. The predicted molar refractivity (Wildman–Crippen MR) is 117 cm³/mol. The molecule has 0 saturated carbocycles. The van der Waals surface area contributed by atoms with Gasteiger partial charge in [-0.05, 0) is 66.8 Å². The number of likely N-dealkylation sites (tertiary alicyclic amines) is 1. The van der Waals surface area contributed by atoms with Crippen molar-refractivity contribution in [3.8, 4) is 11.1 Å². The molecular formula is C24H24N4O. The van der Waals surface area contributed by atoms with Crippen LogP contribution >= 0.6 is 0 Å². The number of H-pyrrole nitrogens is 1. The lowest BCUT2D eigenvalue weighted by atomic mass is 9.96. The standard InChI is InChI=1S/C24H24N4O/c1-3-23(29)27-11-4-5-19(15-27)28-12-10-17-13-18(7-9-22(17)28)24-16(2)6-8-21-20(24)14-25-26-21/h3,6-10,12-14,19H,1,4-5,11,15H2,2H3,(H,25,26). The number of nitrogens with zero attached hydrogens (tertiary/aromatic N) is 3. The minimum Gasteiger partial charge on any atom is -0.343 e. The molecule has 0 radical (unpaired) electrons. The summed E-state index contributed by atoms with van der Waals surface area (Å²) in [6.45, 7) is 7.33. The minimum atomic E-state index is 0.0251. The molecule has 1 N–H and O–H groups in total. The third-order valence-corrected chi connectivity index (χ3v) is 6.12. The summed E-state index contributed by atoms with van der Waals surface area (Å²) in [4.78, 5) is 14.0. The summed E-state index contributed by atoms with van der Waals surface area (Å²) in [6.07, 6.45) is 7.58. The van der Waals surface area contributed by atoms with E-state index in [1.54, 1.807) is 0 Å². The van der Waals surface area contributed by atoms with E-state index in [2.05, 4.69) is 70.9 Å². The number of rotatable bonds is 3. The van der Waals surface area contributed by atoms with Gasteiger partial charge in [-0.15, -0.1) is 0 Å². The second kappa shape index (κ2) is 6.92. The Balaban J connectivity index is 1.54. The van der Waals surface area contributed by atoms with Gasteiger partial charge in [0.15, 0.2) is 0 Å². The van der Waals surface area contributed by atoms with Crippen LogP contribution in [0.5, 0.6) is 0 Å². The summed E-state index contributed by atoms with van der Waals surface area (Å²) < 4.78 is 2.33. The highest BCUT2D eigenvalue weighted by molar-refractivity contribution is 5.98. The number of aromatic nitrogens is 3. The molecule has 0 bridgehead atoms. The second-order valence-electron chi connectivity index (χ2n) is 7.87. The van der Waals surface area contributed by atoms with Crippen LogP contribution in [0.1, 0.15) is 24.4 Å². The Morgan fingerprint density at radius 2 is 2.17 bits per heavy atom. The molecule has 5 rings (SSSR count). The van der Waals surface area contributed by atoms with Gasteiger partial charge in [-0.3, -0.25) is 9.89 Å². The van der Waals surface area contributed by atoms with E-state index in [9.17, 15) is 4.79 Å². The van der Waals surface area contributed by atoms with Crippen molar-refractivity contribution in [3.63, 3.8) is 0 Å². The van der Waals surface area contributed by atoms with E-state index >= 15 is 0 Å². The molecule has 1 aliphatic rings. The fourth-order valence-electron chi connectivity index (χ4n) is 4.66. The summed E-state index contributed by atoms with van der Waals surface area (Å²) in [5.41, 5.74) is 5.93. The largest absolute Gasteiger partial charge is 0.343 e. The molecule has 1 amide bonds. The number of hydrogen-bond acceptors (Lipinski definition) is 2. The van der Waals surface area contributed by atoms with Crippen LogP contribution in [-0.2, 0) is 4.79 Å². The molecule has 1 aliphatic heterocycles. The number of carbonyl (C=O) groups excluding carboxylic acids is 1. The first-order chi connectivity index (χ1) is 14.2. The zero-order chi connectivity index (χ0) is 20.0. The molecule has 2 aromatic heterocycles. The Bertz CT molecular complexity index is 1230. The lowest BCUT2D eigenvalue weighted by Crippen LogP contribution is -2.39. The molecule has 0 aliphatic carbocycles. The number of amides is 1. The highest BCUT2D eigenvalue weighted by atomic mass is 16.2. The second-order valence-corrected chi connectivity index (χ2v) is 7.87. The Morgan fingerprint density at radius 1 is 1.28 bits per heavy atom. The quantitative estimate of drug-likeness (QED) is 0.514. The Kier molecular flexibility index (Phi) is 4.23. The van der Waals surface area contributed by atoms with Crippen molar-refractivity contribution in [3.05, 3.63) is 67.0 Å². The van der Waals surface area contributed by atoms with Gasteiger partial charge in [-0.25, -0.2) is 0 Å². The van der Waals surface area contributed by atoms with Crippen LogP contribution in [0, 0.1) is 6.92 Å². The number of benzene rings is 2. The number of piperidine rings is 1. The molecule has 29 heavy (non-hydrogen) atoms. The third kappa shape index (κ3) is 2.94. The van der Waals surface area contributed by atoms with Crippen LogP contribution in [0.25, 0.3) is 32.9 Å². The number of nitrogens with one attached hydrogen (secondary N) is 1. The summed E-state index contributed by atoms with van der Waals surface area (Å²) >= 11 is 0. The van der Waals surface area contributed by atoms with Crippen molar-refractivity contribution in [2.45, 2.75) is 25.8 Å². The van der Waals surface area contributed by atoms with Gasteiger partial charge < -0.3 is 9.47 Å². The van der Waals surface area contributed by atoms with Crippen molar-refractivity contribution in [2.75, 3.05) is 13.1 Å². The summed E-state index contributed by atoms with van der Waals surface area (Å²) in [6, 6.07) is 13.4. The van der Waals surface area contributed by atoms with Crippen molar-refractivity contribution in [1.29, 1.82) is 0 Å². The smallest absolute Gasteiger partial charge is 0.246 e. The molecule has 5 heteroatoms. The van der Waals surface area contributed by atoms with Gasteiger partial charge in [0.25, 0.3) is 0 Å². The Labute approximate surface area is 169 Å². The fraction of sp³-hybridized carbons (Fsp3) is 0.250. The highest BCUT2D eigenvalue weighted by Gasteiger charge is 2.24. The lowest BCUT2D eigenvalue weighted by Gasteiger charge is -2.33. The molecule has 3 heterocycles. The maximum absolute atomic E-state index is 12.1. The van der Waals surface area contributed by atoms with E-state index in [0.29, 0.717) is 6.04 Å². The first-order valence-electron chi connectivity index (χ1n) is 10.1. The van der Waals surface area contributed by atoms with Gasteiger partial charge in [0, 0.05) is 35.6 Å². The molecular weight excluding hydrogens is 360 g/mol. The van der Waals surface area contributed by atoms with E-state index in [1.165, 1.54) is 33.7 Å². The van der Waals surface area contributed by atoms with E-state index in [4.69, 9.17) is 0 Å². The maximum atomic E-state index is 12.1. The summed E-state index contributed by atoms with van der Waals surface area (Å²) in [5.74, 6) is 0.0251. The number of hydrogen-bond donors (Lipinski definition) is 1. The van der Waals surface area contributed by atoms with Gasteiger partial charge in [0.1, 0.15) is 0 Å². The molecule has 1 atom stereocenters. The summed E-state index contributed by atoms with van der Waals surface area (Å²) in [5, 5.41) is 9.65. The molecule has 4 aromatic rings. The van der Waals surface area contributed by atoms with Crippen molar-refractivity contribution in [2.24, 2.45) is 0 Å². The topological polar surface area (TPSA) is 53.9 Å². The first-order valence-corrected chi connectivity index (χ1v) is 10.1. The Morgan fingerprint density at radius 3 is 3.03 bits per heavy atom. The fourth-order valence-corrected chi connectivity index (χ4v) is 4.66. The molecule has 5 nitrogen and oxygen atoms in total. The SMILES string of the molecule is C=CC(=O)N1CCCC(n2ccc3cc(-c4c(C)ccc5[nH]ncc45)ccc32)C1. The molecule has 146 valence electrons. The van der Waals surface area contributed by atoms with Crippen LogP contribution in [0.2, 0.25) is 0 Å². The molecule has 1 saturated heterocycles. The maximum Gasteiger partial charge on any atom is 0.246 e. The van der Waals surface area contributed by atoms with Crippen LogP contribution in [-0.4, -0.2) is 38.7 Å². The van der Waals surface area contributed by atoms with Crippen LogP contribution in [0.4, 0.5) is 0 Å². The van der Waals surface area contributed by atoms with Gasteiger partial charge in [0.2, 0.25) is 5.91 Å². The number of carbonyl (C=O) groups is 1. The number of aryl methyl sites for hydroxylation is 1. The minimum absolute atomic E-state index is 0.0251. The van der Waals surface area contributed by atoms with E-state index in [0.717, 1.165) is 36.8 Å². The summed E-state index contributed by atoms with van der Waals surface area (Å²) in [7, 11) is 0. The zero-order valence-corrected chi connectivity index (χ0v) is 16.6. The molecule has 0 spiro atoms. The predicted octanol–water partition coefficient (Wildman–Crippen LogP) is 4.84. The van der Waals surface area contributed by atoms with Gasteiger partial charge >= 0.3 is 0 Å². The number of fused-ring (bicyclic) bond motifs is 2. The normalized spacial score (nSPS) is 17.1. The van der Waals surface area contributed by atoms with Crippen molar-refractivity contribution in [1.82, 2.24) is 19.7 Å². The van der Waals surface area contributed by atoms with E-state index in [1.807, 2.05) is 11.1 Å². The zero-order valence-electron chi connectivity index (χ0n) is 16.6. The molecule has 1 fully saturated rings. The van der Waals surface area contributed by atoms with Crippen molar-refractivity contribution < 1.29 is 4.79 Å².